The molecular weight excluding hydrogens is 1250 g/mol. The Morgan fingerprint density at radius 3 is 1.56 bits per heavy atom. The molecule has 1 N–H and O–H groups in total. The SMILES string of the molecule is C/C=C/C[C@@H](C)[C@@H](OC(C)=O)[C@H]1C(=O)N[C@@H](CC)C(=O)N(C)[C@H](C)C(=O)N(C)[C@@H]([C@H](C)COC[C@@H]2CN(CC)CCO2)C(=O)C[C@@H](C(C)C)C(=O)N(C)[C@@H](CC(C)C)C(=O)C[C@@H](C)C(=O)C[C@H](C)C(=O)N(C)[C@@H](CC(C)C)C(=O)N(C)[C@@H](CC(C)C)C(=O)N(C)[C@@H](C(C)C)C(=O)N1C. The van der Waals surface area contributed by atoms with E-state index in [1.54, 1.807) is 75.3 Å². The number of hydrogen-bond acceptors (Lipinski definition) is 16. The first kappa shape index (κ1) is 87.9. The Morgan fingerprint density at radius 1 is 0.561 bits per heavy atom. The molecule has 0 aromatic heterocycles. The topological polar surface area (TPSA) is 270 Å². The summed E-state index contributed by atoms with van der Waals surface area (Å²) in [5, 5.41) is 2.85. The maximum absolute atomic E-state index is 15.6. The van der Waals surface area contributed by atoms with Crippen LogP contribution in [0.4, 0.5) is 0 Å². The molecule has 2 heterocycles. The van der Waals surface area contributed by atoms with E-state index in [1.165, 1.54) is 92.6 Å². The lowest BCUT2D eigenvalue weighted by molar-refractivity contribution is -0.164. The fourth-order valence-electron chi connectivity index (χ4n) is 13.6. The first-order valence-electron chi connectivity index (χ1n) is 36.0. The summed E-state index contributed by atoms with van der Waals surface area (Å²) in [6.45, 7) is 36.3. The molecule has 0 unspecified atom stereocenters. The zero-order chi connectivity index (χ0) is 75.2. The number of allylic oxidation sites excluding steroid dienone is 2. The van der Waals surface area contributed by atoms with Crippen LogP contribution in [0.15, 0.2) is 12.2 Å². The number of morpholine rings is 1. The third-order valence-electron chi connectivity index (χ3n) is 19.9. The van der Waals surface area contributed by atoms with E-state index in [1.807, 2.05) is 47.6 Å². The lowest BCUT2D eigenvalue weighted by Crippen LogP contribution is -2.64. The van der Waals surface area contributed by atoms with Crippen LogP contribution in [-0.4, -0.2) is 259 Å². The summed E-state index contributed by atoms with van der Waals surface area (Å²) in [7, 11) is 10.2. The van der Waals surface area contributed by atoms with Gasteiger partial charge in [-0.15, -0.1) is 0 Å². The number of amides is 8. The first-order chi connectivity index (χ1) is 45.5. The average molecular weight is 1380 g/mol. The average Bonchev–Trinajstić information content (AvgIpc) is 0.844. The van der Waals surface area contributed by atoms with E-state index in [-0.39, 0.29) is 100 Å². The quantitative estimate of drug-likeness (QED) is 0.0967. The second-order valence-electron chi connectivity index (χ2n) is 30.2. The van der Waals surface area contributed by atoms with Crippen molar-refractivity contribution in [1.29, 1.82) is 0 Å². The van der Waals surface area contributed by atoms with Crippen LogP contribution in [0.2, 0.25) is 0 Å². The number of carbonyl (C=O) groups is 12. The van der Waals surface area contributed by atoms with Gasteiger partial charge in [0.1, 0.15) is 48.1 Å². The van der Waals surface area contributed by atoms with Crippen molar-refractivity contribution in [3.63, 3.8) is 0 Å². The Labute approximate surface area is 588 Å². The number of carbonyl (C=O) groups excluding carboxylic acids is 12. The Hall–Kier alpha value is -6.14. The molecule has 0 aromatic carbocycles. The predicted molar refractivity (Wildman–Crippen MR) is 379 cm³/mol. The molecule has 2 rings (SSSR count). The minimum atomic E-state index is -1.62. The summed E-state index contributed by atoms with van der Waals surface area (Å²) >= 11 is 0. The largest absolute Gasteiger partial charge is 0.459 e. The molecule has 24 heteroatoms. The number of rotatable bonds is 20. The molecule has 0 bridgehead atoms. The molecule has 0 aromatic rings. The van der Waals surface area contributed by atoms with Crippen LogP contribution in [0.25, 0.3) is 0 Å². The summed E-state index contributed by atoms with van der Waals surface area (Å²) in [4.78, 5) is 190. The van der Waals surface area contributed by atoms with E-state index in [0.29, 0.717) is 13.2 Å². The van der Waals surface area contributed by atoms with Gasteiger partial charge in [-0.05, 0) is 88.0 Å². The monoisotopic (exact) mass is 1380 g/mol. The van der Waals surface area contributed by atoms with Crippen LogP contribution in [0, 0.1) is 59.2 Å². The molecule has 8 amide bonds. The summed E-state index contributed by atoms with van der Waals surface area (Å²) < 4.78 is 18.3. The van der Waals surface area contributed by atoms with Crippen molar-refractivity contribution in [2.24, 2.45) is 59.2 Å². The van der Waals surface area contributed by atoms with Crippen LogP contribution < -0.4 is 5.32 Å². The molecular formula is C74H129N9O15. The lowest BCUT2D eigenvalue weighted by atomic mass is 9.83. The molecule has 98 heavy (non-hydrogen) atoms. The normalized spacial score (nSPS) is 28.0. The van der Waals surface area contributed by atoms with Crippen molar-refractivity contribution in [3.05, 3.63) is 12.2 Å². The third kappa shape index (κ3) is 24.6. The Morgan fingerprint density at radius 2 is 1.06 bits per heavy atom. The van der Waals surface area contributed by atoms with E-state index >= 15 is 33.6 Å². The maximum Gasteiger partial charge on any atom is 0.303 e. The van der Waals surface area contributed by atoms with Gasteiger partial charge in [0.25, 0.3) is 0 Å². The van der Waals surface area contributed by atoms with Crippen LogP contribution in [0.3, 0.4) is 0 Å². The molecule has 560 valence electrons. The van der Waals surface area contributed by atoms with Gasteiger partial charge < -0.3 is 53.8 Å². The fourth-order valence-corrected chi connectivity index (χ4v) is 13.6. The van der Waals surface area contributed by atoms with Gasteiger partial charge in [0, 0.05) is 112 Å². The molecule has 24 nitrogen and oxygen atoms in total. The van der Waals surface area contributed by atoms with E-state index in [2.05, 4.69) is 17.1 Å². The Kier molecular flexibility index (Phi) is 36.7. The van der Waals surface area contributed by atoms with Gasteiger partial charge in [-0.3, -0.25) is 62.4 Å². The zero-order valence-electron chi connectivity index (χ0n) is 64.8. The number of likely N-dealkylation sites (N-methyl/N-ethyl adjacent to an activating group) is 8. The van der Waals surface area contributed by atoms with Crippen LogP contribution >= 0.6 is 0 Å². The van der Waals surface area contributed by atoms with Crippen LogP contribution in [0.5, 0.6) is 0 Å². The van der Waals surface area contributed by atoms with E-state index in [4.69, 9.17) is 14.2 Å². The third-order valence-corrected chi connectivity index (χ3v) is 19.9. The highest BCUT2D eigenvalue weighted by molar-refractivity contribution is 6.00. The summed E-state index contributed by atoms with van der Waals surface area (Å²) in [5.41, 5.74) is 0. The van der Waals surface area contributed by atoms with Crippen molar-refractivity contribution in [2.45, 2.75) is 243 Å². The minimum absolute atomic E-state index is 0.00254. The fraction of sp³-hybridized carbons (Fsp3) is 0.811. The highest BCUT2D eigenvalue weighted by Gasteiger charge is 2.48. The van der Waals surface area contributed by atoms with Gasteiger partial charge in [0.15, 0.2) is 11.6 Å². The number of Topliss-reactive ketones (excluding diaryl/α,β-unsaturated/α-hetero) is 3. The van der Waals surface area contributed by atoms with Crippen LogP contribution in [0.1, 0.15) is 183 Å². The molecule has 2 aliphatic rings. The summed E-state index contributed by atoms with van der Waals surface area (Å²) in [5.74, 6) is -12.7. The van der Waals surface area contributed by atoms with E-state index < -0.39 is 155 Å². The molecule has 0 aliphatic carbocycles. The number of ether oxygens (including phenoxy) is 3. The van der Waals surface area contributed by atoms with Gasteiger partial charge in [0.05, 0.1) is 38.0 Å². The van der Waals surface area contributed by atoms with Crippen molar-refractivity contribution >= 4 is 70.6 Å². The lowest BCUT2D eigenvalue weighted by Gasteiger charge is -2.42. The molecule has 0 saturated carbocycles. The molecule has 2 saturated heterocycles. The number of hydrogen-bond donors (Lipinski definition) is 1. The standard InChI is InChI=1S/C74H129N9O15/c1-27-30-31-48(14)66(98-53(19)84)65-67(88)75-56(28-2)71(92)76(20)52(18)69(90)81(25)64(51(17)41-96-42-54-40-83(29-3)32-33-97-54)62(87)39-55(46(10)11)70(91)77(21)57(34-43(4)5)61(86)37-49(15)60(85)38-50(16)68(89)78(22)58(35-44(6)7)72(93)79(23)59(36-45(8)9)73(94)80(24)63(47(12)13)74(95)82(65)26/h27,30,43-52,54-59,63-66H,28-29,31-42H2,1-26H3,(H,75,88)/b30-27+/t48-,49-,50+,51-,52-,54+,55+,56+,57+,58+,59+,63+,64+,65+,66-/m1/s1. The maximum atomic E-state index is 15.6. The van der Waals surface area contributed by atoms with E-state index in [0.717, 1.165) is 18.0 Å². The Balaban J connectivity index is 3.11. The number of nitrogens with one attached hydrogen (secondary N) is 1. The van der Waals surface area contributed by atoms with Gasteiger partial charge in [-0.25, -0.2) is 0 Å². The minimum Gasteiger partial charge on any atom is -0.459 e. The summed E-state index contributed by atoms with van der Waals surface area (Å²) in [6.07, 6.45) is 1.99. The van der Waals surface area contributed by atoms with Crippen molar-refractivity contribution in [3.8, 4) is 0 Å². The predicted octanol–water partition coefficient (Wildman–Crippen LogP) is 6.83. The highest BCUT2D eigenvalue weighted by Crippen LogP contribution is 2.30. The van der Waals surface area contributed by atoms with Crippen LogP contribution in [-0.2, 0) is 71.7 Å². The van der Waals surface area contributed by atoms with Gasteiger partial charge in [0.2, 0.25) is 47.3 Å². The molecule has 0 radical (unpaired) electrons. The van der Waals surface area contributed by atoms with Gasteiger partial charge >= 0.3 is 5.97 Å². The Bertz CT molecular complexity index is 2720. The van der Waals surface area contributed by atoms with Crippen molar-refractivity contribution < 1.29 is 71.7 Å². The second kappa shape index (κ2) is 40.9. The second-order valence-corrected chi connectivity index (χ2v) is 30.2. The number of esters is 1. The molecule has 0 spiro atoms. The van der Waals surface area contributed by atoms with Crippen molar-refractivity contribution in [2.75, 3.05) is 88.8 Å². The smallest absolute Gasteiger partial charge is 0.303 e. The number of nitrogens with zero attached hydrogens (tertiary/aromatic N) is 8. The number of ketones is 3. The molecule has 2 aliphatic heterocycles. The first-order valence-corrected chi connectivity index (χ1v) is 36.0. The molecule has 15 atom stereocenters. The zero-order valence-corrected chi connectivity index (χ0v) is 64.8. The van der Waals surface area contributed by atoms with Crippen molar-refractivity contribution in [1.82, 2.24) is 44.5 Å². The highest BCUT2D eigenvalue weighted by atomic mass is 16.5. The van der Waals surface area contributed by atoms with Gasteiger partial charge in [-0.1, -0.05) is 123 Å². The summed E-state index contributed by atoms with van der Waals surface area (Å²) in [6, 6.07) is -10.0. The van der Waals surface area contributed by atoms with E-state index in [9.17, 15) is 24.0 Å². The molecule has 2 fully saturated rings. The van der Waals surface area contributed by atoms with Gasteiger partial charge in [-0.2, -0.15) is 0 Å².